The van der Waals surface area contributed by atoms with E-state index in [0.29, 0.717) is 10.7 Å². The molecule has 1 heterocycles. The number of hydrogen-bond donors (Lipinski definition) is 1. The molecule has 3 aromatic rings. The number of hydrazone groups is 1. The molecule has 0 fully saturated rings. The van der Waals surface area contributed by atoms with Gasteiger partial charge in [0.15, 0.2) is 5.69 Å². The predicted molar refractivity (Wildman–Crippen MR) is 115 cm³/mol. The molecule has 0 aliphatic carbocycles. The molecule has 0 aliphatic rings. The van der Waals surface area contributed by atoms with Gasteiger partial charge in [-0.25, -0.2) is 5.43 Å². The molecule has 7 nitrogen and oxygen atoms in total. The number of amides is 1. The Bertz CT molecular complexity index is 1270. The second-order valence-corrected chi connectivity index (χ2v) is 7.13. The highest BCUT2D eigenvalue weighted by Crippen LogP contribution is 2.19. The number of hydrogen-bond acceptors (Lipinski definition) is 5. The van der Waals surface area contributed by atoms with Gasteiger partial charge in [0, 0.05) is 10.6 Å². The van der Waals surface area contributed by atoms with E-state index in [0.717, 1.165) is 21.4 Å². The zero-order chi connectivity index (χ0) is 21.8. The van der Waals surface area contributed by atoms with E-state index in [9.17, 15) is 14.9 Å². The lowest BCUT2D eigenvalue weighted by Gasteiger charge is -2.11. The molecule has 1 N–H and O–H groups in total. The van der Waals surface area contributed by atoms with Crippen LogP contribution in [0.2, 0.25) is 5.02 Å². The fourth-order valence-corrected chi connectivity index (χ4v) is 2.98. The third kappa shape index (κ3) is 4.29. The van der Waals surface area contributed by atoms with Crippen LogP contribution in [0.15, 0.2) is 52.4 Å². The van der Waals surface area contributed by atoms with Crippen LogP contribution < -0.4 is 11.0 Å². The van der Waals surface area contributed by atoms with Crippen LogP contribution in [-0.2, 0) is 0 Å². The van der Waals surface area contributed by atoms with Gasteiger partial charge in [-0.3, -0.25) is 9.59 Å². The van der Waals surface area contributed by atoms with E-state index in [-0.39, 0.29) is 16.8 Å². The average Bonchev–Trinajstić information content (AvgIpc) is 2.71. The summed E-state index contributed by atoms with van der Waals surface area (Å²) < 4.78 is 0.996. The second kappa shape index (κ2) is 8.72. The number of nitrogens with one attached hydrogen (secondary N) is 1. The first kappa shape index (κ1) is 21.0. The van der Waals surface area contributed by atoms with E-state index in [4.69, 9.17) is 11.6 Å². The van der Waals surface area contributed by atoms with Crippen molar-refractivity contribution in [3.63, 3.8) is 0 Å². The first-order valence-electron chi connectivity index (χ1n) is 9.02. The molecule has 1 amide bonds. The zero-order valence-electron chi connectivity index (χ0n) is 16.6. The fourth-order valence-electron chi connectivity index (χ4n) is 2.81. The first-order chi connectivity index (χ1) is 14.3. The minimum atomic E-state index is -0.639. The van der Waals surface area contributed by atoms with Crippen LogP contribution in [0.5, 0.6) is 0 Å². The third-order valence-electron chi connectivity index (χ3n) is 4.49. The molecule has 0 radical (unpaired) electrons. The number of halogens is 1. The second-order valence-electron chi connectivity index (χ2n) is 6.72. The summed E-state index contributed by atoms with van der Waals surface area (Å²) in [6.45, 7) is 5.27. The molecular weight excluding hydrogens is 402 g/mol. The summed E-state index contributed by atoms with van der Waals surface area (Å²) in [6, 6.07) is 14.4. The molecule has 0 bridgehead atoms. The van der Waals surface area contributed by atoms with Crippen molar-refractivity contribution in [1.82, 2.24) is 15.2 Å². The van der Waals surface area contributed by atoms with E-state index in [1.165, 1.54) is 13.1 Å². The average molecular weight is 420 g/mol. The Labute approximate surface area is 178 Å². The fraction of sp³-hybridized carbons (Fsp3) is 0.136. The number of aromatic nitrogens is 2. The van der Waals surface area contributed by atoms with Crippen LogP contribution in [-0.4, -0.2) is 21.9 Å². The van der Waals surface area contributed by atoms with Crippen molar-refractivity contribution in [2.45, 2.75) is 20.8 Å². The van der Waals surface area contributed by atoms with Crippen molar-refractivity contribution in [3.05, 3.63) is 91.4 Å². The van der Waals surface area contributed by atoms with Gasteiger partial charge in [0.25, 0.3) is 11.5 Å². The third-order valence-corrected chi connectivity index (χ3v) is 4.89. The van der Waals surface area contributed by atoms with Gasteiger partial charge >= 0.3 is 0 Å². The standard InChI is InChI=1S/C22H18ClN5O2/c1-13-5-4-6-16(9-13)12-25-26-21(29)20-15(3)18(11-24)22(30)28(27-20)17-8-7-14(2)19(23)10-17/h4-10,12H,1-3H3,(H,26,29)/b25-12+. The monoisotopic (exact) mass is 419 g/mol. The van der Waals surface area contributed by atoms with E-state index in [2.05, 4.69) is 15.6 Å². The maximum atomic E-state index is 12.7. The maximum absolute atomic E-state index is 12.7. The summed E-state index contributed by atoms with van der Waals surface area (Å²) in [5, 5.41) is 18.0. The van der Waals surface area contributed by atoms with Crippen molar-refractivity contribution in [1.29, 1.82) is 5.26 Å². The van der Waals surface area contributed by atoms with Crippen molar-refractivity contribution in [3.8, 4) is 11.8 Å². The van der Waals surface area contributed by atoms with E-state index < -0.39 is 11.5 Å². The van der Waals surface area contributed by atoms with Gasteiger partial charge < -0.3 is 0 Å². The molecule has 0 saturated heterocycles. The van der Waals surface area contributed by atoms with Crippen molar-refractivity contribution in [2.24, 2.45) is 5.10 Å². The molecule has 30 heavy (non-hydrogen) atoms. The number of nitrogens with zero attached hydrogens (tertiary/aromatic N) is 4. The normalized spacial score (nSPS) is 10.8. The maximum Gasteiger partial charge on any atom is 0.292 e. The molecule has 2 aromatic carbocycles. The number of nitriles is 1. The predicted octanol–water partition coefficient (Wildman–Crippen LogP) is 3.45. The van der Waals surface area contributed by atoms with Crippen LogP contribution in [0.1, 0.15) is 38.3 Å². The van der Waals surface area contributed by atoms with Crippen molar-refractivity contribution in [2.75, 3.05) is 0 Å². The Morgan fingerprint density at radius 1 is 1.23 bits per heavy atom. The lowest BCUT2D eigenvalue weighted by molar-refractivity contribution is 0.0947. The highest BCUT2D eigenvalue weighted by atomic mass is 35.5. The molecule has 150 valence electrons. The lowest BCUT2D eigenvalue weighted by Crippen LogP contribution is -2.31. The summed E-state index contributed by atoms with van der Waals surface area (Å²) in [7, 11) is 0. The Kier molecular flexibility index (Phi) is 6.09. The molecule has 0 atom stereocenters. The van der Waals surface area contributed by atoms with Crippen LogP contribution in [0.3, 0.4) is 0 Å². The minimum absolute atomic E-state index is 0.0794. The van der Waals surface area contributed by atoms with Crippen LogP contribution >= 0.6 is 11.6 Å². The number of carbonyl (C=O) groups excluding carboxylic acids is 1. The van der Waals surface area contributed by atoms with Crippen molar-refractivity contribution >= 4 is 23.7 Å². The smallest absolute Gasteiger partial charge is 0.266 e. The van der Waals surface area contributed by atoms with E-state index in [1.807, 2.05) is 44.2 Å². The summed E-state index contributed by atoms with van der Waals surface area (Å²) in [5.41, 5.74) is 4.75. The molecular formula is C22H18ClN5O2. The summed E-state index contributed by atoms with van der Waals surface area (Å²) in [5.74, 6) is -0.639. The highest BCUT2D eigenvalue weighted by Gasteiger charge is 2.20. The zero-order valence-corrected chi connectivity index (χ0v) is 17.4. The molecule has 1 aromatic heterocycles. The van der Waals surface area contributed by atoms with Gasteiger partial charge in [0.2, 0.25) is 0 Å². The molecule has 0 saturated carbocycles. The van der Waals surface area contributed by atoms with Crippen LogP contribution in [0.25, 0.3) is 5.69 Å². The molecule has 8 heteroatoms. The molecule has 3 rings (SSSR count). The minimum Gasteiger partial charge on any atom is -0.266 e. The Hall–Kier alpha value is -3.76. The summed E-state index contributed by atoms with van der Waals surface area (Å²) in [6.07, 6.45) is 1.50. The topological polar surface area (TPSA) is 100 Å². The van der Waals surface area contributed by atoms with E-state index >= 15 is 0 Å². The quantitative estimate of drug-likeness (QED) is 0.517. The lowest BCUT2D eigenvalue weighted by atomic mass is 10.1. The SMILES string of the molecule is Cc1cccc(/C=N/NC(=O)c2nn(-c3ccc(C)c(Cl)c3)c(=O)c(C#N)c2C)c1. The Morgan fingerprint density at radius 3 is 2.67 bits per heavy atom. The molecule has 0 unspecified atom stereocenters. The van der Waals surface area contributed by atoms with Gasteiger partial charge in [-0.2, -0.15) is 20.1 Å². The summed E-state index contributed by atoms with van der Waals surface area (Å²) >= 11 is 6.15. The Balaban J connectivity index is 1.99. The number of rotatable bonds is 4. The number of benzene rings is 2. The summed E-state index contributed by atoms with van der Waals surface area (Å²) in [4.78, 5) is 25.4. The van der Waals surface area contributed by atoms with Crippen LogP contribution in [0, 0.1) is 32.1 Å². The number of aryl methyl sites for hydroxylation is 2. The van der Waals surface area contributed by atoms with Gasteiger partial charge in [0.1, 0.15) is 11.6 Å². The van der Waals surface area contributed by atoms with Crippen molar-refractivity contribution < 1.29 is 4.79 Å². The molecule has 0 spiro atoms. The van der Waals surface area contributed by atoms with E-state index in [1.54, 1.807) is 18.2 Å². The van der Waals surface area contributed by atoms with Gasteiger partial charge in [-0.1, -0.05) is 47.5 Å². The number of carbonyl (C=O) groups is 1. The largest absolute Gasteiger partial charge is 0.292 e. The van der Waals surface area contributed by atoms with Gasteiger partial charge in [-0.05, 0) is 44.0 Å². The van der Waals surface area contributed by atoms with Gasteiger partial charge in [0.05, 0.1) is 11.9 Å². The first-order valence-corrected chi connectivity index (χ1v) is 9.40. The highest BCUT2D eigenvalue weighted by molar-refractivity contribution is 6.31. The molecule has 0 aliphatic heterocycles. The Morgan fingerprint density at radius 2 is 2.00 bits per heavy atom. The van der Waals surface area contributed by atoms with Gasteiger partial charge in [-0.15, -0.1) is 0 Å². The van der Waals surface area contributed by atoms with Crippen LogP contribution in [0.4, 0.5) is 0 Å².